The van der Waals surface area contributed by atoms with E-state index < -0.39 is 12.1 Å². The number of carbonyl (C=O) groups is 3. The van der Waals surface area contributed by atoms with Crippen molar-refractivity contribution >= 4 is 17.9 Å². The van der Waals surface area contributed by atoms with Crippen LogP contribution in [0.3, 0.4) is 0 Å². The van der Waals surface area contributed by atoms with Gasteiger partial charge in [0.05, 0.1) is 62.7 Å². The number of nitrogens with zero attached hydrogens (tertiary/aromatic N) is 5. The molecule has 3 aliphatic heterocycles. The lowest BCUT2D eigenvalue weighted by Gasteiger charge is -2.30. The van der Waals surface area contributed by atoms with Gasteiger partial charge in [-0.1, -0.05) is 78.9 Å². The van der Waals surface area contributed by atoms with Gasteiger partial charge in [0.1, 0.15) is 17.7 Å². The van der Waals surface area contributed by atoms with E-state index in [4.69, 9.17) is 19.4 Å². The van der Waals surface area contributed by atoms with Crippen molar-refractivity contribution in [2.75, 3.05) is 53.0 Å². The molecule has 3 saturated heterocycles. The molecule has 5 heterocycles. The molecule has 3 fully saturated rings. The number of aromatic nitrogens is 4. The van der Waals surface area contributed by atoms with Gasteiger partial charge in [-0.15, -0.1) is 0 Å². The molecule has 3 amide bonds. The zero-order valence-corrected chi connectivity index (χ0v) is 30.9. The Balaban J connectivity index is 0.913. The van der Waals surface area contributed by atoms with E-state index >= 15 is 0 Å². The van der Waals surface area contributed by atoms with Crippen LogP contribution in [0.25, 0.3) is 33.6 Å². The molecule has 0 saturated carbocycles. The Kier molecular flexibility index (Phi) is 10.7. The second-order valence-electron chi connectivity index (χ2n) is 14.3. The fraction of sp³-hybridized carbons (Fsp3) is 0.357. The maximum Gasteiger partial charge on any atom is 0.407 e. The minimum Gasteiger partial charge on any atom is -0.453 e. The minimum atomic E-state index is -0.868. The van der Waals surface area contributed by atoms with Crippen LogP contribution in [-0.2, 0) is 19.1 Å². The van der Waals surface area contributed by atoms with E-state index in [1.807, 2.05) is 47.6 Å². The van der Waals surface area contributed by atoms with Crippen LogP contribution in [0.4, 0.5) is 4.79 Å². The van der Waals surface area contributed by atoms with Gasteiger partial charge in [0.2, 0.25) is 5.91 Å². The van der Waals surface area contributed by atoms with Gasteiger partial charge in [0.25, 0.3) is 5.91 Å². The lowest BCUT2D eigenvalue weighted by atomic mass is 10.0. The summed E-state index contributed by atoms with van der Waals surface area (Å²) in [5.41, 5.74) is 6.67. The van der Waals surface area contributed by atoms with Crippen molar-refractivity contribution in [3.63, 3.8) is 0 Å². The van der Waals surface area contributed by atoms with Crippen LogP contribution in [0, 0.1) is 0 Å². The van der Waals surface area contributed by atoms with E-state index in [9.17, 15) is 14.4 Å². The Morgan fingerprint density at radius 2 is 1.27 bits per heavy atom. The van der Waals surface area contributed by atoms with Gasteiger partial charge in [-0.2, -0.15) is 0 Å². The number of hydrogen-bond donors (Lipinski definition) is 3. The third-order valence-corrected chi connectivity index (χ3v) is 10.9. The lowest BCUT2D eigenvalue weighted by Crippen LogP contribution is -2.44. The average Bonchev–Trinajstić information content (AvgIpc) is 4.08. The molecule has 13 heteroatoms. The first kappa shape index (κ1) is 36.2. The van der Waals surface area contributed by atoms with Crippen molar-refractivity contribution < 1.29 is 23.9 Å². The van der Waals surface area contributed by atoms with Crippen LogP contribution >= 0.6 is 0 Å². The molecule has 3 aliphatic rings. The molecular weight excluding hydrogens is 697 g/mol. The molecule has 0 bridgehead atoms. The zero-order valence-electron chi connectivity index (χ0n) is 30.9. The van der Waals surface area contributed by atoms with E-state index in [1.165, 1.54) is 7.11 Å². The molecule has 0 aliphatic carbocycles. The van der Waals surface area contributed by atoms with Crippen molar-refractivity contribution in [2.45, 2.75) is 43.8 Å². The van der Waals surface area contributed by atoms with Crippen LogP contribution in [0.2, 0.25) is 0 Å². The van der Waals surface area contributed by atoms with Crippen LogP contribution < -0.4 is 5.32 Å². The van der Waals surface area contributed by atoms with Gasteiger partial charge in [-0.3, -0.25) is 14.5 Å². The minimum absolute atomic E-state index is 0.0343. The first-order valence-corrected chi connectivity index (χ1v) is 19.1. The summed E-state index contributed by atoms with van der Waals surface area (Å²) in [7, 11) is 1.29. The first-order valence-electron chi connectivity index (χ1n) is 19.1. The number of ether oxygens (including phenoxy) is 2. The number of nitrogens with one attached hydrogen (secondary N) is 3. The number of morpholine rings is 1. The van der Waals surface area contributed by atoms with Gasteiger partial charge < -0.3 is 34.6 Å². The molecule has 0 radical (unpaired) electrons. The molecule has 5 aromatic rings. The Bertz CT molecular complexity index is 2090. The highest BCUT2D eigenvalue weighted by molar-refractivity contribution is 5.87. The van der Waals surface area contributed by atoms with Gasteiger partial charge in [-0.25, -0.2) is 14.8 Å². The summed E-state index contributed by atoms with van der Waals surface area (Å²) in [6.45, 7) is 4.69. The van der Waals surface area contributed by atoms with Crippen LogP contribution in [-0.4, -0.2) is 106 Å². The normalized spacial score (nSPS) is 19.4. The molecule has 13 nitrogen and oxygen atoms in total. The molecule has 3 atom stereocenters. The van der Waals surface area contributed by atoms with Crippen LogP contribution in [0.1, 0.15) is 61.0 Å². The molecule has 3 N–H and O–H groups in total. The Morgan fingerprint density at radius 3 is 1.84 bits per heavy atom. The number of amides is 3. The van der Waals surface area contributed by atoms with Crippen molar-refractivity contribution in [3.05, 3.63) is 108 Å². The number of aromatic amines is 2. The maximum atomic E-state index is 13.9. The third kappa shape index (κ3) is 7.89. The molecule has 284 valence electrons. The number of carbonyl (C=O) groups excluding carboxylic acids is 3. The molecule has 55 heavy (non-hydrogen) atoms. The van der Waals surface area contributed by atoms with E-state index in [1.54, 1.807) is 4.90 Å². The van der Waals surface area contributed by atoms with Gasteiger partial charge in [0.15, 0.2) is 0 Å². The quantitative estimate of drug-likeness (QED) is 0.161. The number of methoxy groups -OCH3 is 1. The largest absolute Gasteiger partial charge is 0.453 e. The van der Waals surface area contributed by atoms with E-state index in [-0.39, 0.29) is 23.9 Å². The number of likely N-dealkylation sites (tertiary alicyclic amines) is 2. The summed E-state index contributed by atoms with van der Waals surface area (Å²) < 4.78 is 10.3. The topological polar surface area (TPSA) is 149 Å². The molecule has 2 aromatic heterocycles. The Labute approximate surface area is 320 Å². The van der Waals surface area contributed by atoms with Crippen LogP contribution in [0.15, 0.2) is 91.3 Å². The fourth-order valence-corrected chi connectivity index (χ4v) is 7.97. The van der Waals surface area contributed by atoms with Crippen molar-refractivity contribution in [1.29, 1.82) is 0 Å². The Hall–Kier alpha value is -5.79. The van der Waals surface area contributed by atoms with Gasteiger partial charge in [0, 0.05) is 26.2 Å². The summed E-state index contributed by atoms with van der Waals surface area (Å²) in [5.74, 6) is 1.50. The van der Waals surface area contributed by atoms with E-state index in [0.717, 1.165) is 84.8 Å². The predicted octanol–water partition coefficient (Wildman–Crippen LogP) is 5.89. The maximum absolute atomic E-state index is 13.9. The molecular formula is C42H46N8O5. The summed E-state index contributed by atoms with van der Waals surface area (Å²) in [5, 5.41) is 2.72. The van der Waals surface area contributed by atoms with Gasteiger partial charge >= 0.3 is 6.09 Å². The number of rotatable bonds is 10. The Morgan fingerprint density at radius 1 is 0.745 bits per heavy atom. The number of benzene rings is 3. The van der Waals surface area contributed by atoms with E-state index in [0.29, 0.717) is 37.7 Å². The SMILES string of the molecule is COC(=O)N[C@@H](C(=O)N1CCC[C@H]1c1ncc(-c2ccc(-c3ccc(-c4cnc([C@@H]5CCCN5C(=O)CN5CCOCC5)[nH]4)cc3)cc2)[nH]1)c1ccccc1. The van der Waals surface area contributed by atoms with Crippen molar-refractivity contribution in [3.8, 4) is 33.6 Å². The smallest absolute Gasteiger partial charge is 0.407 e. The highest BCUT2D eigenvalue weighted by atomic mass is 16.5. The summed E-state index contributed by atoms with van der Waals surface area (Å²) >= 11 is 0. The first-order chi connectivity index (χ1) is 26.9. The highest BCUT2D eigenvalue weighted by Gasteiger charge is 2.37. The van der Waals surface area contributed by atoms with Crippen LogP contribution in [0.5, 0.6) is 0 Å². The number of imidazole rings is 2. The zero-order chi connectivity index (χ0) is 37.7. The second-order valence-corrected chi connectivity index (χ2v) is 14.3. The summed E-state index contributed by atoms with van der Waals surface area (Å²) in [6, 6.07) is 24.8. The monoisotopic (exact) mass is 742 g/mol. The number of alkyl carbamates (subject to hydrolysis) is 1. The third-order valence-electron chi connectivity index (χ3n) is 10.9. The standard InChI is InChI=1S/C42H46N8O5/c1-54-42(53)47-38(32-7-3-2-4-8-32)41(52)50-20-6-10-36(50)40-44-26-34(46-40)31-17-13-29(14-18-31)28-11-15-30(16-12-28)33-25-43-39(45-33)35-9-5-19-49(35)37(51)27-48-21-23-55-24-22-48/h2-4,7-8,11-18,25-26,35-36,38H,5-6,9-10,19-24,27H2,1H3,(H,43,45)(H,44,46)(H,47,53)/t35-,36-,38+/m0/s1. The van der Waals surface area contributed by atoms with E-state index in [2.05, 4.69) is 68.7 Å². The number of H-pyrrole nitrogens is 2. The molecule has 8 rings (SSSR count). The predicted molar refractivity (Wildman–Crippen MR) is 206 cm³/mol. The molecule has 0 spiro atoms. The number of hydrogen-bond acceptors (Lipinski definition) is 8. The summed E-state index contributed by atoms with van der Waals surface area (Å²) in [6.07, 6.45) is 6.48. The fourth-order valence-electron chi connectivity index (χ4n) is 7.97. The average molecular weight is 743 g/mol. The highest BCUT2D eigenvalue weighted by Crippen LogP contribution is 2.35. The van der Waals surface area contributed by atoms with Crippen molar-refractivity contribution in [1.82, 2.24) is 40.0 Å². The van der Waals surface area contributed by atoms with Gasteiger partial charge in [-0.05, 0) is 53.5 Å². The second kappa shape index (κ2) is 16.3. The van der Waals surface area contributed by atoms with Crippen molar-refractivity contribution in [2.24, 2.45) is 0 Å². The molecule has 0 unspecified atom stereocenters. The molecule has 3 aromatic carbocycles. The lowest BCUT2D eigenvalue weighted by molar-refractivity contribution is -0.135. The summed E-state index contributed by atoms with van der Waals surface area (Å²) in [4.78, 5) is 61.6.